The number of likely N-dealkylation sites (tertiary alicyclic amines) is 1. The summed E-state index contributed by atoms with van der Waals surface area (Å²) in [5.74, 6) is 0.449. The van der Waals surface area contributed by atoms with E-state index in [1.807, 2.05) is 17.0 Å². The van der Waals surface area contributed by atoms with Crippen LogP contribution in [0.2, 0.25) is 0 Å². The number of primary amides is 1. The van der Waals surface area contributed by atoms with Crippen LogP contribution in [0.25, 0.3) is 0 Å². The molecule has 8 nitrogen and oxygen atoms in total. The van der Waals surface area contributed by atoms with Crippen molar-refractivity contribution in [2.75, 3.05) is 19.9 Å². The van der Waals surface area contributed by atoms with Crippen molar-refractivity contribution < 1.29 is 19.1 Å². The van der Waals surface area contributed by atoms with Gasteiger partial charge in [0.05, 0.1) is 0 Å². The molecule has 3 N–H and O–H groups in total. The topological polar surface area (TPSA) is 118 Å². The third-order valence-electron chi connectivity index (χ3n) is 4.50. The van der Waals surface area contributed by atoms with Crippen molar-refractivity contribution in [3.8, 4) is 17.6 Å². The van der Waals surface area contributed by atoms with Crippen LogP contribution in [-0.2, 0) is 16.1 Å². The molecule has 0 spiro atoms. The summed E-state index contributed by atoms with van der Waals surface area (Å²) >= 11 is 0. The summed E-state index contributed by atoms with van der Waals surface area (Å²) in [6.07, 6.45) is 2.80. The number of nitrogens with two attached hydrogens (primary N) is 1. The molecule has 2 heterocycles. The van der Waals surface area contributed by atoms with Crippen LogP contribution in [0.1, 0.15) is 18.4 Å². The van der Waals surface area contributed by atoms with Crippen LogP contribution in [0.5, 0.6) is 11.5 Å². The molecule has 2 aliphatic heterocycles. The Morgan fingerprint density at radius 2 is 2.04 bits per heavy atom. The minimum Gasteiger partial charge on any atom is -0.454 e. The first-order chi connectivity index (χ1) is 12.6. The van der Waals surface area contributed by atoms with Crippen molar-refractivity contribution in [2.45, 2.75) is 19.4 Å². The van der Waals surface area contributed by atoms with Crippen molar-refractivity contribution in [3.05, 3.63) is 35.5 Å². The van der Waals surface area contributed by atoms with E-state index in [0.29, 0.717) is 37.4 Å². The molecule has 0 bridgehead atoms. The summed E-state index contributed by atoms with van der Waals surface area (Å²) in [6, 6.07) is 7.35. The summed E-state index contributed by atoms with van der Waals surface area (Å²) in [6.45, 7) is 1.65. The zero-order valence-corrected chi connectivity index (χ0v) is 14.2. The zero-order valence-electron chi connectivity index (χ0n) is 14.2. The maximum atomic E-state index is 12.3. The standard InChI is InChI=1S/C18H20N4O4/c19-8-14(10-22-5-3-13(4-6-22)17(20)23)18(24)21-9-12-1-2-15-16(7-12)26-11-25-15/h1-2,7,10,13H,3-6,9,11H2,(H2,20,23)(H,21,24)/b14-10-. The molecule has 2 amide bonds. The first kappa shape index (κ1) is 17.6. The van der Waals surface area contributed by atoms with Crippen LogP contribution in [0.3, 0.4) is 0 Å². The number of nitriles is 1. The molecule has 136 valence electrons. The van der Waals surface area contributed by atoms with Crippen LogP contribution >= 0.6 is 0 Å². The number of benzene rings is 1. The van der Waals surface area contributed by atoms with E-state index in [-0.39, 0.29) is 30.7 Å². The van der Waals surface area contributed by atoms with Crippen LogP contribution in [0, 0.1) is 17.2 Å². The average Bonchev–Trinajstić information content (AvgIpc) is 3.12. The Morgan fingerprint density at radius 1 is 1.31 bits per heavy atom. The number of fused-ring (bicyclic) bond motifs is 1. The SMILES string of the molecule is N#C/C(=C/N1CCC(C(N)=O)CC1)C(=O)NCc1ccc2c(c1)OCO2. The van der Waals surface area contributed by atoms with Gasteiger partial charge in [0.15, 0.2) is 11.5 Å². The minimum atomic E-state index is -0.442. The molecule has 1 aromatic carbocycles. The van der Waals surface area contributed by atoms with E-state index < -0.39 is 5.91 Å². The largest absolute Gasteiger partial charge is 0.454 e. The maximum absolute atomic E-state index is 12.3. The van der Waals surface area contributed by atoms with E-state index in [9.17, 15) is 14.9 Å². The quantitative estimate of drug-likeness (QED) is 0.590. The Hall–Kier alpha value is -3.21. The van der Waals surface area contributed by atoms with Crippen LogP contribution in [0.4, 0.5) is 0 Å². The summed E-state index contributed by atoms with van der Waals surface area (Å²) in [4.78, 5) is 25.3. The van der Waals surface area contributed by atoms with Crippen molar-refractivity contribution >= 4 is 11.8 Å². The van der Waals surface area contributed by atoms with Gasteiger partial charge in [-0.15, -0.1) is 0 Å². The Labute approximate surface area is 151 Å². The Bertz CT molecular complexity index is 776. The van der Waals surface area contributed by atoms with Crippen molar-refractivity contribution in [1.29, 1.82) is 5.26 Å². The first-order valence-corrected chi connectivity index (χ1v) is 8.39. The molecule has 0 atom stereocenters. The fourth-order valence-electron chi connectivity index (χ4n) is 2.96. The lowest BCUT2D eigenvalue weighted by atomic mass is 9.96. The van der Waals surface area contributed by atoms with Gasteiger partial charge in [-0.1, -0.05) is 6.07 Å². The van der Waals surface area contributed by atoms with E-state index in [0.717, 1.165) is 5.56 Å². The lowest BCUT2D eigenvalue weighted by molar-refractivity contribution is -0.123. The van der Waals surface area contributed by atoms with Gasteiger partial charge in [0.1, 0.15) is 11.6 Å². The van der Waals surface area contributed by atoms with Crippen molar-refractivity contribution in [3.63, 3.8) is 0 Å². The predicted octanol–water partition coefficient (Wildman–Crippen LogP) is 0.636. The molecule has 1 saturated heterocycles. The molecule has 8 heteroatoms. The highest BCUT2D eigenvalue weighted by Crippen LogP contribution is 2.32. The van der Waals surface area contributed by atoms with Crippen molar-refractivity contribution in [1.82, 2.24) is 10.2 Å². The third-order valence-corrected chi connectivity index (χ3v) is 4.50. The molecule has 0 aromatic heterocycles. The fourth-order valence-corrected chi connectivity index (χ4v) is 2.96. The average molecular weight is 356 g/mol. The number of amides is 2. The number of hydrogen-bond acceptors (Lipinski definition) is 6. The van der Waals surface area contributed by atoms with Gasteiger partial charge < -0.3 is 25.4 Å². The normalized spacial score (nSPS) is 16.9. The number of nitrogens with zero attached hydrogens (tertiary/aromatic N) is 2. The minimum absolute atomic E-state index is 0.0308. The van der Waals surface area contributed by atoms with Gasteiger partial charge in [0.2, 0.25) is 12.7 Å². The monoisotopic (exact) mass is 356 g/mol. The van der Waals surface area contributed by atoms with E-state index in [1.54, 1.807) is 18.3 Å². The van der Waals surface area contributed by atoms with Gasteiger partial charge in [-0.05, 0) is 30.5 Å². The molecule has 1 fully saturated rings. The first-order valence-electron chi connectivity index (χ1n) is 8.39. The highest BCUT2D eigenvalue weighted by atomic mass is 16.7. The number of piperidine rings is 1. The number of hydrogen-bond donors (Lipinski definition) is 2. The molecule has 3 rings (SSSR count). The lowest BCUT2D eigenvalue weighted by Crippen LogP contribution is -2.36. The van der Waals surface area contributed by atoms with E-state index in [2.05, 4.69) is 5.32 Å². The maximum Gasteiger partial charge on any atom is 0.263 e. The summed E-state index contributed by atoms with van der Waals surface area (Å²) < 4.78 is 10.5. The highest BCUT2D eigenvalue weighted by molar-refractivity contribution is 5.97. The molecular weight excluding hydrogens is 336 g/mol. The Morgan fingerprint density at radius 3 is 2.73 bits per heavy atom. The molecule has 0 unspecified atom stereocenters. The molecule has 0 aliphatic carbocycles. The molecule has 0 saturated carbocycles. The molecular formula is C18H20N4O4. The zero-order chi connectivity index (χ0) is 18.5. The van der Waals surface area contributed by atoms with Gasteiger partial charge in [-0.25, -0.2) is 0 Å². The molecule has 26 heavy (non-hydrogen) atoms. The molecule has 0 radical (unpaired) electrons. The number of carbonyl (C=O) groups is 2. The number of ether oxygens (including phenoxy) is 2. The lowest BCUT2D eigenvalue weighted by Gasteiger charge is -2.29. The Balaban J connectivity index is 1.55. The second kappa shape index (κ2) is 7.78. The summed E-state index contributed by atoms with van der Waals surface area (Å²) in [5, 5.41) is 12.0. The summed E-state index contributed by atoms with van der Waals surface area (Å²) in [7, 11) is 0. The number of nitrogens with one attached hydrogen (secondary N) is 1. The predicted molar refractivity (Wildman–Crippen MR) is 91.6 cm³/mol. The van der Waals surface area contributed by atoms with Gasteiger partial charge in [0, 0.05) is 31.8 Å². The second-order valence-electron chi connectivity index (χ2n) is 6.24. The Kier molecular flexibility index (Phi) is 5.27. The van der Waals surface area contributed by atoms with Gasteiger partial charge in [0.25, 0.3) is 5.91 Å². The van der Waals surface area contributed by atoms with E-state index in [4.69, 9.17) is 15.2 Å². The smallest absolute Gasteiger partial charge is 0.263 e. The van der Waals surface area contributed by atoms with Crippen LogP contribution in [-0.4, -0.2) is 36.6 Å². The molecule has 1 aromatic rings. The van der Waals surface area contributed by atoms with Crippen molar-refractivity contribution in [2.24, 2.45) is 11.7 Å². The second-order valence-corrected chi connectivity index (χ2v) is 6.24. The van der Waals surface area contributed by atoms with Gasteiger partial charge >= 0.3 is 0 Å². The van der Waals surface area contributed by atoms with Gasteiger partial charge in [-0.2, -0.15) is 5.26 Å². The number of carbonyl (C=O) groups excluding carboxylic acids is 2. The third kappa shape index (κ3) is 4.06. The highest BCUT2D eigenvalue weighted by Gasteiger charge is 2.22. The van der Waals surface area contributed by atoms with E-state index >= 15 is 0 Å². The van der Waals surface area contributed by atoms with E-state index in [1.165, 1.54) is 0 Å². The summed E-state index contributed by atoms with van der Waals surface area (Å²) in [5.41, 5.74) is 6.19. The van der Waals surface area contributed by atoms with Crippen LogP contribution < -0.4 is 20.5 Å². The fraction of sp³-hybridized carbons (Fsp3) is 0.389. The number of rotatable bonds is 5. The van der Waals surface area contributed by atoms with Gasteiger partial charge in [-0.3, -0.25) is 9.59 Å². The molecule has 2 aliphatic rings. The van der Waals surface area contributed by atoms with Crippen LogP contribution in [0.15, 0.2) is 30.0 Å².